The van der Waals surface area contributed by atoms with Gasteiger partial charge < -0.3 is 5.32 Å². The van der Waals surface area contributed by atoms with Crippen LogP contribution in [0.3, 0.4) is 0 Å². The fraction of sp³-hybridized carbons (Fsp3) is 0. The van der Waals surface area contributed by atoms with Crippen LogP contribution in [0.2, 0.25) is 0 Å². The van der Waals surface area contributed by atoms with Gasteiger partial charge >= 0.3 is 0 Å². The summed E-state index contributed by atoms with van der Waals surface area (Å²) in [5, 5.41) is 8.82. The lowest BCUT2D eigenvalue weighted by Crippen LogP contribution is -2.33. The van der Waals surface area contributed by atoms with Gasteiger partial charge in [0.1, 0.15) is 5.01 Å². The number of nitrogens with zero attached hydrogens (tertiary/aromatic N) is 1. The summed E-state index contributed by atoms with van der Waals surface area (Å²) in [6, 6.07) is 17.4. The summed E-state index contributed by atoms with van der Waals surface area (Å²) in [7, 11) is 0. The molecule has 2 N–H and O–H groups in total. The van der Waals surface area contributed by atoms with Crippen molar-refractivity contribution in [2.45, 2.75) is 0 Å². The van der Waals surface area contributed by atoms with Gasteiger partial charge in [0.2, 0.25) is 0 Å². The predicted octanol–water partition coefficient (Wildman–Crippen LogP) is 5.91. The van der Waals surface area contributed by atoms with Crippen LogP contribution in [0, 0.1) is 0 Å². The number of aromatic nitrogens is 1. The molecule has 0 aliphatic rings. The number of anilines is 1. The van der Waals surface area contributed by atoms with Gasteiger partial charge in [-0.2, -0.15) is 0 Å². The summed E-state index contributed by atoms with van der Waals surface area (Å²) < 4.78 is 2.06. The van der Waals surface area contributed by atoms with E-state index in [9.17, 15) is 4.79 Å². The first-order chi connectivity index (χ1) is 13.1. The molecule has 0 saturated heterocycles. The highest BCUT2D eigenvalue weighted by atomic mass is 79.9. The van der Waals surface area contributed by atoms with E-state index in [4.69, 9.17) is 17.2 Å². The molecule has 0 spiro atoms. The van der Waals surface area contributed by atoms with Gasteiger partial charge in [-0.15, -0.1) is 22.7 Å². The Kier molecular flexibility index (Phi) is 5.31. The van der Waals surface area contributed by atoms with Crippen LogP contribution in [-0.4, -0.2) is 16.0 Å². The summed E-state index contributed by atoms with van der Waals surface area (Å²) in [5.74, 6) is -0.221. The van der Waals surface area contributed by atoms with Crippen molar-refractivity contribution in [1.82, 2.24) is 10.3 Å². The molecule has 0 aliphatic carbocycles. The summed E-state index contributed by atoms with van der Waals surface area (Å²) in [5.41, 5.74) is 2.66. The monoisotopic (exact) mass is 473 g/mol. The molecule has 4 rings (SSSR count). The van der Waals surface area contributed by atoms with E-state index in [1.807, 2.05) is 53.9 Å². The maximum Gasteiger partial charge on any atom is 0.267 e. The average Bonchev–Trinajstić information content (AvgIpc) is 3.32. The Hall–Kier alpha value is -2.13. The molecule has 0 radical (unpaired) electrons. The number of thiocarbonyl (C=S) groups is 1. The summed E-state index contributed by atoms with van der Waals surface area (Å²) in [6.07, 6.45) is 0. The number of hydrogen-bond acceptors (Lipinski definition) is 5. The first-order valence-electron chi connectivity index (χ1n) is 7.91. The summed E-state index contributed by atoms with van der Waals surface area (Å²) >= 11 is 11.8. The normalized spacial score (nSPS) is 10.7. The maximum atomic E-state index is 12.2. The smallest absolute Gasteiger partial charge is 0.267 e. The number of hydrogen-bond donors (Lipinski definition) is 2. The minimum absolute atomic E-state index is 0.221. The van der Waals surface area contributed by atoms with E-state index in [2.05, 4.69) is 26.6 Å². The standard InChI is InChI=1S/C19H12BrN3OS3/c20-11-7-8-13(22-19(25)23-17(24)16-6-3-9-26-16)12(10-11)18-21-14-4-1-2-5-15(14)27-18/h1-10H,(H2,22,23,24,25). The van der Waals surface area contributed by atoms with Crippen molar-refractivity contribution in [3.05, 3.63) is 69.3 Å². The number of rotatable bonds is 3. The zero-order chi connectivity index (χ0) is 18.8. The highest BCUT2D eigenvalue weighted by molar-refractivity contribution is 9.10. The largest absolute Gasteiger partial charge is 0.332 e. The van der Waals surface area contributed by atoms with Crippen molar-refractivity contribution >= 4 is 77.7 Å². The molecule has 2 aromatic carbocycles. The fourth-order valence-corrected chi connectivity index (χ4v) is 4.69. The number of thiophene rings is 1. The molecule has 4 aromatic rings. The highest BCUT2D eigenvalue weighted by Gasteiger charge is 2.14. The lowest BCUT2D eigenvalue weighted by Gasteiger charge is -2.12. The third kappa shape index (κ3) is 4.08. The van der Waals surface area contributed by atoms with Crippen molar-refractivity contribution < 1.29 is 4.79 Å². The van der Waals surface area contributed by atoms with Crippen molar-refractivity contribution in [3.8, 4) is 10.6 Å². The molecule has 134 valence electrons. The first kappa shape index (κ1) is 18.2. The van der Waals surface area contributed by atoms with E-state index in [0.29, 0.717) is 4.88 Å². The summed E-state index contributed by atoms with van der Waals surface area (Å²) in [4.78, 5) is 17.5. The van der Waals surface area contributed by atoms with Gasteiger partial charge in [0, 0.05) is 10.0 Å². The number of carbonyl (C=O) groups is 1. The van der Waals surface area contributed by atoms with Crippen molar-refractivity contribution in [2.24, 2.45) is 0 Å². The molecule has 1 amide bonds. The Morgan fingerprint density at radius 1 is 1.11 bits per heavy atom. The molecule has 0 bridgehead atoms. The maximum absolute atomic E-state index is 12.2. The predicted molar refractivity (Wildman–Crippen MR) is 121 cm³/mol. The number of amides is 1. The van der Waals surface area contributed by atoms with Crippen LogP contribution in [-0.2, 0) is 0 Å². The lowest BCUT2D eigenvalue weighted by molar-refractivity contribution is 0.0981. The van der Waals surface area contributed by atoms with E-state index >= 15 is 0 Å². The minimum atomic E-state index is -0.221. The Bertz CT molecular complexity index is 1110. The quantitative estimate of drug-likeness (QED) is 0.363. The van der Waals surface area contributed by atoms with Gasteiger partial charge in [0.05, 0.1) is 20.8 Å². The van der Waals surface area contributed by atoms with Gasteiger partial charge in [-0.3, -0.25) is 10.1 Å². The molecule has 2 heterocycles. The van der Waals surface area contributed by atoms with Crippen molar-refractivity contribution in [2.75, 3.05) is 5.32 Å². The van der Waals surface area contributed by atoms with Crippen LogP contribution in [0.5, 0.6) is 0 Å². The summed E-state index contributed by atoms with van der Waals surface area (Å²) in [6.45, 7) is 0. The second kappa shape index (κ2) is 7.85. The second-order valence-corrected chi connectivity index (χ2v) is 8.86. The van der Waals surface area contributed by atoms with Crippen LogP contribution in [0.4, 0.5) is 5.69 Å². The van der Waals surface area contributed by atoms with Gasteiger partial charge in [0.25, 0.3) is 5.91 Å². The van der Waals surface area contributed by atoms with Crippen LogP contribution in [0.1, 0.15) is 9.67 Å². The van der Waals surface area contributed by atoms with E-state index < -0.39 is 0 Å². The van der Waals surface area contributed by atoms with E-state index in [-0.39, 0.29) is 11.0 Å². The highest BCUT2D eigenvalue weighted by Crippen LogP contribution is 2.36. The topological polar surface area (TPSA) is 54.0 Å². The first-order valence-corrected chi connectivity index (χ1v) is 10.8. The van der Waals surface area contributed by atoms with Crippen LogP contribution < -0.4 is 10.6 Å². The zero-order valence-corrected chi connectivity index (χ0v) is 17.8. The SMILES string of the molecule is O=C(NC(=S)Nc1ccc(Br)cc1-c1nc2ccccc2s1)c1cccs1. The van der Waals surface area contributed by atoms with Gasteiger partial charge in [-0.25, -0.2) is 4.98 Å². The zero-order valence-electron chi connectivity index (χ0n) is 13.7. The van der Waals surface area contributed by atoms with Crippen LogP contribution >= 0.6 is 50.8 Å². The third-order valence-corrected chi connectivity index (χ3v) is 6.36. The molecule has 0 aliphatic heterocycles. The fourth-order valence-electron chi connectivity index (χ4n) is 2.52. The molecule has 2 aromatic heterocycles. The number of para-hydroxylation sites is 1. The Morgan fingerprint density at radius 3 is 2.74 bits per heavy atom. The van der Waals surface area contributed by atoms with Crippen LogP contribution in [0.15, 0.2) is 64.5 Å². The molecule has 0 atom stereocenters. The molecular formula is C19H12BrN3OS3. The van der Waals surface area contributed by atoms with Crippen LogP contribution in [0.25, 0.3) is 20.8 Å². The van der Waals surface area contributed by atoms with Gasteiger partial charge in [0.15, 0.2) is 5.11 Å². The number of carbonyl (C=O) groups excluding carboxylic acids is 1. The Labute approximate surface area is 177 Å². The molecule has 0 saturated carbocycles. The number of halogens is 1. The number of fused-ring (bicyclic) bond motifs is 1. The van der Waals surface area contributed by atoms with E-state index in [0.717, 1.165) is 30.9 Å². The minimum Gasteiger partial charge on any atom is -0.332 e. The molecular weight excluding hydrogens is 462 g/mol. The number of nitrogens with one attached hydrogen (secondary N) is 2. The van der Waals surface area contributed by atoms with Gasteiger partial charge in [-0.1, -0.05) is 34.1 Å². The van der Waals surface area contributed by atoms with Crippen molar-refractivity contribution in [1.29, 1.82) is 0 Å². The second-order valence-electron chi connectivity index (χ2n) is 5.56. The molecule has 0 unspecified atom stereocenters. The van der Waals surface area contributed by atoms with E-state index in [1.165, 1.54) is 11.3 Å². The molecule has 27 heavy (non-hydrogen) atoms. The van der Waals surface area contributed by atoms with Gasteiger partial charge in [-0.05, 0) is 54.0 Å². The van der Waals surface area contributed by atoms with Crippen molar-refractivity contribution in [3.63, 3.8) is 0 Å². The Balaban J connectivity index is 1.61. The third-order valence-electron chi connectivity index (χ3n) is 3.73. The Morgan fingerprint density at radius 2 is 1.96 bits per heavy atom. The number of thiazole rings is 1. The molecule has 8 heteroatoms. The average molecular weight is 474 g/mol. The number of benzene rings is 2. The molecule has 0 fully saturated rings. The molecule has 4 nitrogen and oxygen atoms in total. The lowest BCUT2D eigenvalue weighted by atomic mass is 10.2. The van der Waals surface area contributed by atoms with E-state index in [1.54, 1.807) is 17.4 Å².